The average molecular weight is 284 g/mol. The van der Waals surface area contributed by atoms with E-state index in [1.807, 2.05) is 6.07 Å². The highest BCUT2D eigenvalue weighted by Crippen LogP contribution is 2.22. The van der Waals surface area contributed by atoms with Crippen LogP contribution >= 0.6 is 0 Å². The Morgan fingerprint density at radius 2 is 2.25 bits per heavy atom. The quantitative estimate of drug-likeness (QED) is 0.914. The summed E-state index contributed by atoms with van der Waals surface area (Å²) in [5.74, 6) is -0.232. The second-order valence-electron chi connectivity index (χ2n) is 4.40. The van der Waals surface area contributed by atoms with Crippen LogP contribution in [0, 0.1) is 11.3 Å². The van der Waals surface area contributed by atoms with E-state index in [1.54, 1.807) is 0 Å². The molecule has 0 aliphatic carbocycles. The molecule has 1 aliphatic heterocycles. The summed E-state index contributed by atoms with van der Waals surface area (Å²) in [7, 11) is 0. The lowest BCUT2D eigenvalue weighted by molar-refractivity contribution is -0.157. The molecule has 0 spiro atoms. The Morgan fingerprint density at radius 1 is 1.50 bits per heavy atom. The molecule has 1 saturated heterocycles. The summed E-state index contributed by atoms with van der Waals surface area (Å²) in [6.45, 7) is -1.17. The van der Waals surface area contributed by atoms with Gasteiger partial charge < -0.3 is 10.2 Å². The number of aromatic nitrogens is 1. The van der Waals surface area contributed by atoms with Crippen LogP contribution in [-0.4, -0.2) is 41.1 Å². The number of hydrogen-bond donors (Lipinski definition) is 1. The first-order valence-corrected chi connectivity index (χ1v) is 5.87. The maximum Gasteiger partial charge on any atom is 0.406 e. The molecular weight excluding hydrogens is 273 g/mol. The number of nitrogens with zero attached hydrogens (tertiary/aromatic N) is 3. The number of halogens is 3. The smallest absolute Gasteiger partial charge is 0.358 e. The molecule has 5 nitrogen and oxygen atoms in total. The van der Waals surface area contributed by atoms with Crippen molar-refractivity contribution in [3.8, 4) is 6.07 Å². The van der Waals surface area contributed by atoms with Gasteiger partial charge in [0.1, 0.15) is 24.5 Å². The highest BCUT2D eigenvalue weighted by atomic mass is 19.4. The van der Waals surface area contributed by atoms with E-state index in [4.69, 9.17) is 5.26 Å². The second kappa shape index (κ2) is 5.36. The first-order valence-electron chi connectivity index (χ1n) is 5.87. The van der Waals surface area contributed by atoms with E-state index in [1.165, 1.54) is 18.3 Å². The van der Waals surface area contributed by atoms with Crippen molar-refractivity contribution in [1.29, 1.82) is 5.26 Å². The van der Waals surface area contributed by atoms with Crippen molar-refractivity contribution in [2.75, 3.05) is 18.4 Å². The van der Waals surface area contributed by atoms with E-state index in [0.29, 0.717) is 11.4 Å². The average Bonchev–Trinajstić information content (AvgIpc) is 2.71. The molecule has 1 aromatic heterocycles. The van der Waals surface area contributed by atoms with E-state index in [9.17, 15) is 18.0 Å². The molecule has 1 aliphatic rings. The standard InChI is InChI=1S/C12H11F3N4O/c13-12(14,15)7-19-4-3-9(11(19)20)18-10-2-1-8(5-16)6-17-10/h1-2,6,9H,3-4,7H2,(H,17,18). The van der Waals surface area contributed by atoms with Crippen molar-refractivity contribution >= 4 is 11.7 Å². The van der Waals surface area contributed by atoms with Gasteiger partial charge in [-0.15, -0.1) is 0 Å². The molecule has 2 heterocycles. The van der Waals surface area contributed by atoms with Crippen LogP contribution in [0.2, 0.25) is 0 Å². The molecule has 1 atom stereocenters. The number of amides is 1. The summed E-state index contributed by atoms with van der Waals surface area (Å²) in [5, 5.41) is 11.4. The number of likely N-dealkylation sites (tertiary alicyclic amines) is 1. The van der Waals surface area contributed by atoms with Crippen LogP contribution in [0.1, 0.15) is 12.0 Å². The lowest BCUT2D eigenvalue weighted by Gasteiger charge is -2.18. The van der Waals surface area contributed by atoms with Crippen LogP contribution in [0.25, 0.3) is 0 Å². The Bertz CT molecular complexity index is 535. The zero-order valence-corrected chi connectivity index (χ0v) is 10.3. The first-order chi connectivity index (χ1) is 9.39. The number of alkyl halides is 3. The Hall–Kier alpha value is -2.30. The van der Waals surface area contributed by atoms with Crippen LogP contribution in [0.4, 0.5) is 19.0 Å². The van der Waals surface area contributed by atoms with Crippen LogP contribution in [0.3, 0.4) is 0 Å². The van der Waals surface area contributed by atoms with Gasteiger partial charge in [-0.25, -0.2) is 4.98 Å². The van der Waals surface area contributed by atoms with E-state index in [0.717, 1.165) is 4.90 Å². The third kappa shape index (κ3) is 3.38. The fourth-order valence-electron chi connectivity index (χ4n) is 1.97. The molecule has 0 radical (unpaired) electrons. The van der Waals surface area contributed by atoms with Crippen molar-refractivity contribution < 1.29 is 18.0 Å². The predicted octanol–water partition coefficient (Wildman–Crippen LogP) is 1.53. The first kappa shape index (κ1) is 14.1. The number of pyridine rings is 1. The largest absolute Gasteiger partial charge is 0.406 e. The van der Waals surface area contributed by atoms with Gasteiger partial charge in [0.15, 0.2) is 0 Å². The number of rotatable bonds is 3. The maximum absolute atomic E-state index is 12.3. The minimum absolute atomic E-state index is 0.0618. The molecule has 0 saturated carbocycles. The number of hydrogen-bond acceptors (Lipinski definition) is 4. The molecule has 1 fully saturated rings. The second-order valence-corrected chi connectivity index (χ2v) is 4.40. The maximum atomic E-state index is 12.3. The predicted molar refractivity (Wildman–Crippen MR) is 63.6 cm³/mol. The van der Waals surface area contributed by atoms with Gasteiger partial charge >= 0.3 is 6.18 Å². The molecule has 20 heavy (non-hydrogen) atoms. The SMILES string of the molecule is N#Cc1ccc(NC2CCN(CC(F)(F)F)C2=O)nc1. The monoisotopic (exact) mass is 284 g/mol. The molecule has 106 valence electrons. The summed E-state index contributed by atoms with van der Waals surface area (Å²) >= 11 is 0. The molecule has 0 bridgehead atoms. The fraction of sp³-hybridized carbons (Fsp3) is 0.417. The van der Waals surface area contributed by atoms with E-state index in [-0.39, 0.29) is 13.0 Å². The topological polar surface area (TPSA) is 69.0 Å². The number of carbonyl (C=O) groups excluding carboxylic acids is 1. The van der Waals surface area contributed by atoms with E-state index < -0.39 is 24.7 Å². The Labute approximate surface area is 113 Å². The molecule has 1 N–H and O–H groups in total. The molecular formula is C12H11F3N4O. The zero-order chi connectivity index (χ0) is 14.8. The minimum atomic E-state index is -4.39. The normalized spacial score (nSPS) is 19.0. The van der Waals surface area contributed by atoms with Gasteiger partial charge in [-0.3, -0.25) is 4.79 Å². The summed E-state index contributed by atoms with van der Waals surface area (Å²) in [6.07, 6.45) is -2.77. The van der Waals surface area contributed by atoms with Crippen molar-refractivity contribution in [1.82, 2.24) is 9.88 Å². The van der Waals surface area contributed by atoms with Crippen LogP contribution in [0.15, 0.2) is 18.3 Å². The summed E-state index contributed by atoms with van der Waals surface area (Å²) in [6, 6.07) is 4.22. The van der Waals surface area contributed by atoms with Gasteiger partial charge in [-0.05, 0) is 18.6 Å². The summed E-state index contributed by atoms with van der Waals surface area (Å²) < 4.78 is 36.8. The number of anilines is 1. The van der Waals surface area contributed by atoms with Gasteiger partial charge in [-0.2, -0.15) is 18.4 Å². The third-order valence-electron chi connectivity index (χ3n) is 2.88. The lowest BCUT2D eigenvalue weighted by Crippen LogP contribution is -2.39. The van der Waals surface area contributed by atoms with E-state index >= 15 is 0 Å². The van der Waals surface area contributed by atoms with Gasteiger partial charge in [0.25, 0.3) is 0 Å². The number of nitriles is 1. The van der Waals surface area contributed by atoms with Crippen LogP contribution in [-0.2, 0) is 4.79 Å². The van der Waals surface area contributed by atoms with Crippen molar-refractivity contribution in [2.45, 2.75) is 18.6 Å². The molecule has 1 aromatic rings. The van der Waals surface area contributed by atoms with Gasteiger partial charge in [0, 0.05) is 12.7 Å². The Balaban J connectivity index is 1.97. The van der Waals surface area contributed by atoms with Crippen molar-refractivity contribution in [2.24, 2.45) is 0 Å². The fourth-order valence-corrected chi connectivity index (χ4v) is 1.97. The summed E-state index contributed by atoms with van der Waals surface area (Å²) in [5.41, 5.74) is 0.368. The molecule has 2 rings (SSSR count). The summed E-state index contributed by atoms with van der Waals surface area (Å²) in [4.78, 5) is 16.5. The number of nitrogens with one attached hydrogen (secondary N) is 1. The van der Waals surface area contributed by atoms with Gasteiger partial charge in [-0.1, -0.05) is 0 Å². The highest BCUT2D eigenvalue weighted by Gasteiger charge is 2.39. The molecule has 0 aromatic carbocycles. The minimum Gasteiger partial charge on any atom is -0.358 e. The van der Waals surface area contributed by atoms with Crippen molar-refractivity contribution in [3.05, 3.63) is 23.9 Å². The Kier molecular flexibility index (Phi) is 3.79. The Morgan fingerprint density at radius 3 is 2.80 bits per heavy atom. The van der Waals surface area contributed by atoms with Gasteiger partial charge in [0.2, 0.25) is 5.91 Å². The van der Waals surface area contributed by atoms with Crippen LogP contribution < -0.4 is 5.32 Å². The highest BCUT2D eigenvalue weighted by molar-refractivity contribution is 5.86. The molecule has 8 heteroatoms. The van der Waals surface area contributed by atoms with E-state index in [2.05, 4.69) is 10.3 Å². The molecule has 1 unspecified atom stereocenters. The van der Waals surface area contributed by atoms with Gasteiger partial charge in [0.05, 0.1) is 5.56 Å². The van der Waals surface area contributed by atoms with Crippen LogP contribution in [0.5, 0.6) is 0 Å². The van der Waals surface area contributed by atoms with Crippen molar-refractivity contribution in [3.63, 3.8) is 0 Å². The molecule has 1 amide bonds. The zero-order valence-electron chi connectivity index (χ0n) is 10.3. The number of carbonyl (C=O) groups is 1. The third-order valence-corrected chi connectivity index (χ3v) is 2.88. The lowest BCUT2D eigenvalue weighted by atomic mass is 10.2.